The van der Waals surface area contributed by atoms with Gasteiger partial charge < -0.3 is 5.32 Å². The molecule has 0 radical (unpaired) electrons. The number of rotatable bonds is 2. The number of nitrogens with one attached hydrogen (secondary N) is 1. The van der Waals surface area contributed by atoms with Crippen LogP contribution >= 0.6 is 11.6 Å². The van der Waals surface area contributed by atoms with Crippen molar-refractivity contribution in [2.75, 3.05) is 5.32 Å². The molecule has 1 fully saturated rings. The Balaban J connectivity index is 2.10. The molecule has 1 aromatic carbocycles. The SMILES string of the molecule is CC1CC1C(=O)Nc1ccc(C#N)cc1Cl. The molecule has 0 spiro atoms. The summed E-state index contributed by atoms with van der Waals surface area (Å²) in [6, 6.07) is 6.84. The van der Waals surface area contributed by atoms with Gasteiger partial charge >= 0.3 is 0 Å². The van der Waals surface area contributed by atoms with Crippen molar-refractivity contribution < 1.29 is 4.79 Å². The number of hydrogen-bond donors (Lipinski definition) is 1. The lowest BCUT2D eigenvalue weighted by atomic mass is 10.2. The molecule has 0 bridgehead atoms. The molecule has 1 aliphatic carbocycles. The molecular weight excluding hydrogens is 224 g/mol. The minimum atomic E-state index is 0.0131. The van der Waals surface area contributed by atoms with E-state index >= 15 is 0 Å². The zero-order valence-electron chi connectivity index (χ0n) is 8.83. The van der Waals surface area contributed by atoms with E-state index in [0.29, 0.717) is 22.2 Å². The molecule has 4 heteroatoms. The van der Waals surface area contributed by atoms with Crippen LogP contribution in [0.15, 0.2) is 18.2 Å². The van der Waals surface area contributed by atoms with E-state index < -0.39 is 0 Å². The van der Waals surface area contributed by atoms with Gasteiger partial charge in [0.25, 0.3) is 0 Å². The van der Waals surface area contributed by atoms with Gasteiger partial charge in [-0.25, -0.2) is 0 Å². The quantitative estimate of drug-likeness (QED) is 0.856. The van der Waals surface area contributed by atoms with E-state index in [9.17, 15) is 4.79 Å². The third-order valence-electron chi connectivity index (χ3n) is 2.80. The summed E-state index contributed by atoms with van der Waals surface area (Å²) < 4.78 is 0. The van der Waals surface area contributed by atoms with Crippen molar-refractivity contribution in [1.82, 2.24) is 0 Å². The first-order valence-electron chi connectivity index (χ1n) is 5.12. The highest BCUT2D eigenvalue weighted by Crippen LogP contribution is 2.38. The first-order chi connectivity index (χ1) is 7.61. The Morgan fingerprint density at radius 3 is 2.81 bits per heavy atom. The molecule has 1 N–H and O–H groups in total. The van der Waals surface area contributed by atoms with Crippen molar-refractivity contribution in [3.63, 3.8) is 0 Å². The largest absolute Gasteiger partial charge is 0.325 e. The van der Waals surface area contributed by atoms with Gasteiger partial charge in [-0.1, -0.05) is 18.5 Å². The van der Waals surface area contributed by atoms with Gasteiger partial charge in [0.05, 0.1) is 22.3 Å². The molecule has 2 unspecified atom stereocenters. The average Bonchev–Trinajstić information content (AvgIpc) is 2.98. The van der Waals surface area contributed by atoms with E-state index in [1.165, 1.54) is 0 Å². The van der Waals surface area contributed by atoms with Crippen LogP contribution in [0.3, 0.4) is 0 Å². The Kier molecular flexibility index (Phi) is 2.84. The first-order valence-corrected chi connectivity index (χ1v) is 5.50. The van der Waals surface area contributed by atoms with Crippen LogP contribution in [0.5, 0.6) is 0 Å². The highest BCUT2D eigenvalue weighted by Gasteiger charge is 2.39. The van der Waals surface area contributed by atoms with Crippen molar-refractivity contribution in [2.45, 2.75) is 13.3 Å². The van der Waals surface area contributed by atoms with Gasteiger partial charge in [0.1, 0.15) is 0 Å². The molecule has 2 rings (SSSR count). The van der Waals surface area contributed by atoms with Gasteiger partial charge in [-0.2, -0.15) is 5.26 Å². The second-order valence-corrected chi connectivity index (χ2v) is 4.52. The molecule has 16 heavy (non-hydrogen) atoms. The molecule has 1 saturated carbocycles. The third-order valence-corrected chi connectivity index (χ3v) is 3.12. The fraction of sp³-hybridized carbons (Fsp3) is 0.333. The maximum absolute atomic E-state index is 11.7. The maximum atomic E-state index is 11.7. The number of anilines is 1. The van der Waals surface area contributed by atoms with Crippen molar-refractivity contribution >= 4 is 23.2 Å². The second-order valence-electron chi connectivity index (χ2n) is 4.12. The van der Waals surface area contributed by atoms with Crippen molar-refractivity contribution in [3.05, 3.63) is 28.8 Å². The second kappa shape index (κ2) is 4.15. The van der Waals surface area contributed by atoms with E-state index in [-0.39, 0.29) is 11.8 Å². The van der Waals surface area contributed by atoms with Crippen molar-refractivity contribution in [1.29, 1.82) is 5.26 Å². The van der Waals surface area contributed by atoms with Gasteiger partial charge in [-0.05, 0) is 30.5 Å². The van der Waals surface area contributed by atoms with Crippen LogP contribution in [0.4, 0.5) is 5.69 Å². The van der Waals surface area contributed by atoms with Gasteiger partial charge in [0.15, 0.2) is 0 Å². The Morgan fingerprint density at radius 2 is 2.31 bits per heavy atom. The Hall–Kier alpha value is -1.53. The Labute approximate surface area is 99.0 Å². The number of amides is 1. The highest BCUT2D eigenvalue weighted by atomic mass is 35.5. The third kappa shape index (κ3) is 2.17. The van der Waals surface area contributed by atoms with Crippen LogP contribution in [0, 0.1) is 23.2 Å². The number of nitrogens with zero attached hydrogens (tertiary/aromatic N) is 1. The van der Waals surface area contributed by atoms with Gasteiger partial charge in [-0.15, -0.1) is 0 Å². The number of nitriles is 1. The lowest BCUT2D eigenvalue weighted by molar-refractivity contribution is -0.117. The monoisotopic (exact) mass is 234 g/mol. The number of halogens is 1. The van der Waals surface area contributed by atoms with Gasteiger partial charge in [0.2, 0.25) is 5.91 Å². The number of benzene rings is 1. The number of hydrogen-bond acceptors (Lipinski definition) is 2. The molecule has 0 saturated heterocycles. The smallest absolute Gasteiger partial charge is 0.227 e. The average molecular weight is 235 g/mol. The van der Waals surface area contributed by atoms with Crippen molar-refractivity contribution in [3.8, 4) is 6.07 Å². The maximum Gasteiger partial charge on any atom is 0.227 e. The van der Waals surface area contributed by atoms with E-state index in [1.54, 1.807) is 18.2 Å². The molecule has 0 aromatic heterocycles. The van der Waals surface area contributed by atoms with Crippen LogP contribution in [-0.4, -0.2) is 5.91 Å². The van der Waals surface area contributed by atoms with E-state index in [0.717, 1.165) is 6.42 Å². The summed E-state index contributed by atoms with van der Waals surface area (Å²) in [5.41, 5.74) is 1.06. The molecule has 1 amide bonds. The standard InChI is InChI=1S/C12H11ClN2O/c1-7-4-9(7)12(16)15-11-3-2-8(6-14)5-10(11)13/h2-3,5,7,9H,4H2,1H3,(H,15,16). The number of carbonyl (C=O) groups excluding carboxylic acids is 1. The zero-order valence-corrected chi connectivity index (χ0v) is 9.58. The van der Waals surface area contributed by atoms with Crippen LogP contribution in [0.2, 0.25) is 5.02 Å². The predicted octanol–water partition coefficient (Wildman–Crippen LogP) is 2.81. The molecule has 0 heterocycles. The Morgan fingerprint density at radius 1 is 1.62 bits per heavy atom. The van der Waals surface area contributed by atoms with Crippen LogP contribution in [0.25, 0.3) is 0 Å². The minimum absolute atomic E-state index is 0.0131. The summed E-state index contributed by atoms with van der Waals surface area (Å²) in [4.78, 5) is 11.7. The molecule has 2 atom stereocenters. The Bertz CT molecular complexity index is 478. The van der Waals surface area contributed by atoms with Crippen LogP contribution in [0.1, 0.15) is 18.9 Å². The fourth-order valence-corrected chi connectivity index (χ4v) is 1.83. The molecule has 1 aliphatic rings. The minimum Gasteiger partial charge on any atom is -0.325 e. The molecule has 82 valence electrons. The highest BCUT2D eigenvalue weighted by molar-refractivity contribution is 6.33. The summed E-state index contributed by atoms with van der Waals surface area (Å²) in [6.07, 6.45) is 0.944. The first kappa shape index (κ1) is 11.0. The number of carbonyl (C=O) groups is 1. The molecule has 0 aliphatic heterocycles. The van der Waals surface area contributed by atoms with Crippen LogP contribution < -0.4 is 5.32 Å². The zero-order chi connectivity index (χ0) is 11.7. The summed E-state index contributed by atoms with van der Waals surface area (Å²) >= 11 is 5.95. The van der Waals surface area contributed by atoms with E-state index in [1.807, 2.05) is 13.0 Å². The van der Waals surface area contributed by atoms with Crippen molar-refractivity contribution in [2.24, 2.45) is 11.8 Å². The predicted molar refractivity (Wildman–Crippen MR) is 62.1 cm³/mol. The van der Waals surface area contributed by atoms with Crippen LogP contribution in [-0.2, 0) is 4.79 Å². The fourth-order valence-electron chi connectivity index (χ4n) is 1.60. The normalized spacial score (nSPS) is 22.3. The lowest BCUT2D eigenvalue weighted by Gasteiger charge is -2.06. The summed E-state index contributed by atoms with van der Waals surface area (Å²) in [5, 5.41) is 11.8. The van der Waals surface area contributed by atoms with E-state index in [2.05, 4.69) is 5.32 Å². The molecular formula is C12H11ClN2O. The van der Waals surface area contributed by atoms with Gasteiger partial charge in [-0.3, -0.25) is 4.79 Å². The summed E-state index contributed by atoms with van der Waals surface area (Å²) in [5.74, 6) is 0.600. The summed E-state index contributed by atoms with van der Waals surface area (Å²) in [7, 11) is 0. The summed E-state index contributed by atoms with van der Waals surface area (Å²) in [6.45, 7) is 2.05. The molecule has 1 aromatic rings. The topological polar surface area (TPSA) is 52.9 Å². The lowest BCUT2D eigenvalue weighted by Crippen LogP contribution is -2.14. The van der Waals surface area contributed by atoms with Gasteiger partial charge in [0, 0.05) is 5.92 Å². The molecule has 3 nitrogen and oxygen atoms in total. The van der Waals surface area contributed by atoms with E-state index in [4.69, 9.17) is 16.9 Å².